The molecule has 2 aromatic heterocycles. The van der Waals surface area contributed by atoms with Crippen LogP contribution in [0.4, 0.5) is 10.3 Å². The van der Waals surface area contributed by atoms with E-state index < -0.39 is 5.82 Å². The number of amides is 1. The van der Waals surface area contributed by atoms with Gasteiger partial charge in [0.15, 0.2) is 5.82 Å². The van der Waals surface area contributed by atoms with Gasteiger partial charge in [-0.25, -0.2) is 19.3 Å². The average Bonchev–Trinajstić information content (AvgIpc) is 2.75. The molecular weight excluding hydrogens is 385 g/mol. The standard InChI is InChI=1S/C22H26FN5O2/c1-14(17-5-8-24-20(12-17)30-4)11-15(2)21-19(23)13-25-22(27-21)26-18-6-9-28(10-7-18)16(3)29/h5,8,11-13,18H,2,6-7,9-10H2,1,3-4H3,(H,25,26,27)/b14-11+. The Bertz CT molecular complexity index is 968. The Morgan fingerprint density at radius 2 is 2.07 bits per heavy atom. The van der Waals surface area contributed by atoms with E-state index in [1.165, 1.54) is 0 Å². The molecule has 1 aliphatic rings. The zero-order chi connectivity index (χ0) is 21.7. The summed E-state index contributed by atoms with van der Waals surface area (Å²) in [5, 5.41) is 3.25. The first kappa shape index (κ1) is 21.4. The van der Waals surface area contributed by atoms with Crippen molar-refractivity contribution in [3.63, 3.8) is 0 Å². The zero-order valence-corrected chi connectivity index (χ0v) is 17.5. The quantitative estimate of drug-likeness (QED) is 0.732. The van der Waals surface area contributed by atoms with Crippen molar-refractivity contribution in [1.82, 2.24) is 19.9 Å². The van der Waals surface area contributed by atoms with Crippen LogP contribution in [0.5, 0.6) is 5.88 Å². The molecule has 7 nitrogen and oxygen atoms in total. The normalized spacial score (nSPS) is 15.1. The van der Waals surface area contributed by atoms with Gasteiger partial charge in [0.05, 0.1) is 13.3 Å². The minimum Gasteiger partial charge on any atom is -0.481 e. The molecular formula is C22H26FN5O2. The van der Waals surface area contributed by atoms with Gasteiger partial charge < -0.3 is 15.0 Å². The van der Waals surface area contributed by atoms with E-state index in [9.17, 15) is 9.18 Å². The van der Waals surface area contributed by atoms with E-state index in [4.69, 9.17) is 4.74 Å². The summed E-state index contributed by atoms with van der Waals surface area (Å²) in [6.07, 6.45) is 6.16. The first-order chi connectivity index (χ1) is 14.4. The Morgan fingerprint density at radius 3 is 2.73 bits per heavy atom. The number of rotatable bonds is 6. The number of piperidine rings is 1. The fraction of sp³-hybridized carbons (Fsp3) is 0.364. The van der Waals surface area contributed by atoms with Crippen LogP contribution in [0.15, 0.2) is 37.2 Å². The maximum atomic E-state index is 14.4. The van der Waals surface area contributed by atoms with E-state index in [0.717, 1.165) is 30.2 Å². The lowest BCUT2D eigenvalue weighted by atomic mass is 10.0. The summed E-state index contributed by atoms with van der Waals surface area (Å²) in [7, 11) is 1.55. The van der Waals surface area contributed by atoms with Gasteiger partial charge in [0.1, 0.15) is 5.69 Å². The number of ether oxygens (including phenoxy) is 1. The number of halogens is 1. The molecule has 2 aromatic rings. The number of carbonyl (C=O) groups excluding carboxylic acids is 1. The Morgan fingerprint density at radius 1 is 1.33 bits per heavy atom. The molecule has 30 heavy (non-hydrogen) atoms. The van der Waals surface area contributed by atoms with Gasteiger partial charge in [0.25, 0.3) is 0 Å². The SMILES string of the molecule is C=C(/C=C(\C)c1ccnc(OC)c1)c1nc(NC2CCN(C(C)=O)CC2)ncc1F. The molecule has 1 aliphatic heterocycles. The third-order valence-corrected chi connectivity index (χ3v) is 5.11. The fourth-order valence-corrected chi connectivity index (χ4v) is 3.36. The predicted octanol–water partition coefficient (Wildman–Crippen LogP) is 3.56. The summed E-state index contributed by atoms with van der Waals surface area (Å²) in [5.74, 6) is 0.402. The lowest BCUT2D eigenvalue weighted by molar-refractivity contribution is -0.129. The van der Waals surface area contributed by atoms with Gasteiger partial charge in [-0.2, -0.15) is 0 Å². The van der Waals surface area contributed by atoms with Crippen molar-refractivity contribution < 1.29 is 13.9 Å². The zero-order valence-electron chi connectivity index (χ0n) is 17.5. The first-order valence-corrected chi connectivity index (χ1v) is 9.80. The molecule has 0 aliphatic carbocycles. The number of anilines is 1. The number of hydrogen-bond acceptors (Lipinski definition) is 6. The summed E-state index contributed by atoms with van der Waals surface area (Å²) in [4.78, 5) is 25.8. The minimum absolute atomic E-state index is 0.0824. The van der Waals surface area contributed by atoms with Crippen molar-refractivity contribution in [2.24, 2.45) is 0 Å². The van der Waals surface area contributed by atoms with E-state index in [1.54, 1.807) is 32.4 Å². The molecule has 158 valence electrons. The molecule has 0 bridgehead atoms. The summed E-state index contributed by atoms with van der Waals surface area (Å²) < 4.78 is 19.5. The van der Waals surface area contributed by atoms with Crippen LogP contribution in [0.25, 0.3) is 11.1 Å². The van der Waals surface area contributed by atoms with Crippen molar-refractivity contribution in [3.8, 4) is 5.88 Å². The van der Waals surface area contributed by atoms with Crippen LogP contribution in [0.1, 0.15) is 37.9 Å². The Labute approximate surface area is 175 Å². The van der Waals surface area contributed by atoms with Gasteiger partial charge >= 0.3 is 0 Å². The van der Waals surface area contributed by atoms with Crippen LogP contribution < -0.4 is 10.1 Å². The number of aromatic nitrogens is 3. The first-order valence-electron chi connectivity index (χ1n) is 9.80. The van der Waals surface area contributed by atoms with E-state index in [1.807, 2.05) is 17.9 Å². The molecule has 0 aromatic carbocycles. The van der Waals surface area contributed by atoms with Crippen molar-refractivity contribution >= 4 is 23.0 Å². The fourth-order valence-electron chi connectivity index (χ4n) is 3.36. The highest BCUT2D eigenvalue weighted by Crippen LogP contribution is 2.24. The third-order valence-electron chi connectivity index (χ3n) is 5.11. The smallest absolute Gasteiger partial charge is 0.223 e. The summed E-state index contributed by atoms with van der Waals surface area (Å²) in [6, 6.07) is 3.78. The number of allylic oxidation sites excluding steroid dienone is 3. The monoisotopic (exact) mass is 411 g/mol. The Balaban J connectivity index is 1.73. The highest BCUT2D eigenvalue weighted by Gasteiger charge is 2.21. The average molecular weight is 411 g/mol. The second-order valence-corrected chi connectivity index (χ2v) is 7.25. The van der Waals surface area contributed by atoms with Gasteiger partial charge in [0, 0.05) is 38.3 Å². The number of hydrogen-bond donors (Lipinski definition) is 1. The van der Waals surface area contributed by atoms with Crippen LogP contribution in [0.2, 0.25) is 0 Å². The lowest BCUT2D eigenvalue weighted by Gasteiger charge is -2.31. The topological polar surface area (TPSA) is 80.2 Å². The molecule has 0 radical (unpaired) electrons. The maximum absolute atomic E-state index is 14.4. The third kappa shape index (κ3) is 5.20. The molecule has 0 spiro atoms. The van der Waals surface area contributed by atoms with Gasteiger partial charge in [0.2, 0.25) is 17.7 Å². The molecule has 1 amide bonds. The van der Waals surface area contributed by atoms with Crippen molar-refractivity contribution in [2.45, 2.75) is 32.7 Å². The minimum atomic E-state index is -0.534. The molecule has 8 heteroatoms. The maximum Gasteiger partial charge on any atom is 0.223 e. The number of nitrogens with zero attached hydrogens (tertiary/aromatic N) is 4. The summed E-state index contributed by atoms with van der Waals surface area (Å²) in [5.41, 5.74) is 2.37. The van der Waals surface area contributed by atoms with Crippen LogP contribution in [0, 0.1) is 5.82 Å². The van der Waals surface area contributed by atoms with Crippen LogP contribution in [-0.4, -0.2) is 52.0 Å². The highest BCUT2D eigenvalue weighted by atomic mass is 19.1. The molecule has 3 heterocycles. The van der Waals surface area contributed by atoms with Crippen molar-refractivity contribution in [2.75, 3.05) is 25.5 Å². The molecule has 1 saturated heterocycles. The van der Waals surface area contributed by atoms with Crippen molar-refractivity contribution in [1.29, 1.82) is 0 Å². The largest absolute Gasteiger partial charge is 0.481 e. The van der Waals surface area contributed by atoms with E-state index >= 15 is 0 Å². The van der Waals surface area contributed by atoms with Crippen LogP contribution in [-0.2, 0) is 4.79 Å². The van der Waals surface area contributed by atoms with Gasteiger partial charge in [-0.1, -0.05) is 6.58 Å². The number of pyridine rings is 1. The number of likely N-dealkylation sites (tertiary alicyclic amines) is 1. The van der Waals surface area contributed by atoms with E-state index in [-0.39, 0.29) is 17.6 Å². The molecule has 0 unspecified atom stereocenters. The molecule has 0 saturated carbocycles. The molecule has 3 rings (SSSR count). The molecule has 1 N–H and O–H groups in total. The second kappa shape index (κ2) is 9.47. The van der Waals surface area contributed by atoms with E-state index in [2.05, 4.69) is 26.8 Å². The highest BCUT2D eigenvalue weighted by molar-refractivity contribution is 5.81. The van der Waals surface area contributed by atoms with Crippen LogP contribution in [0.3, 0.4) is 0 Å². The van der Waals surface area contributed by atoms with E-state index in [0.29, 0.717) is 30.5 Å². The molecule has 0 atom stereocenters. The Kier molecular flexibility index (Phi) is 6.76. The van der Waals surface area contributed by atoms with Crippen molar-refractivity contribution in [3.05, 3.63) is 54.3 Å². The van der Waals surface area contributed by atoms with Crippen LogP contribution >= 0.6 is 0 Å². The predicted molar refractivity (Wildman–Crippen MR) is 114 cm³/mol. The second-order valence-electron chi connectivity index (χ2n) is 7.25. The molecule has 1 fully saturated rings. The summed E-state index contributed by atoms with van der Waals surface area (Å²) in [6.45, 7) is 8.84. The lowest BCUT2D eigenvalue weighted by Crippen LogP contribution is -2.41. The van der Waals surface area contributed by atoms with Gasteiger partial charge in [-0.3, -0.25) is 4.79 Å². The number of methoxy groups -OCH3 is 1. The number of nitrogens with one attached hydrogen (secondary N) is 1. The van der Waals surface area contributed by atoms with Gasteiger partial charge in [-0.05, 0) is 48.6 Å². The number of carbonyl (C=O) groups is 1. The van der Waals surface area contributed by atoms with Gasteiger partial charge in [-0.15, -0.1) is 0 Å². The summed E-state index contributed by atoms with van der Waals surface area (Å²) >= 11 is 0. The Hall–Kier alpha value is -3.29.